The zero-order chi connectivity index (χ0) is 14.9. The summed E-state index contributed by atoms with van der Waals surface area (Å²) in [6.45, 7) is 4.45. The molecular formula is C15H19BrFNO2. The van der Waals surface area contributed by atoms with Crippen molar-refractivity contribution in [2.24, 2.45) is 0 Å². The molecule has 1 N–H and O–H groups in total. The predicted molar refractivity (Wildman–Crippen MR) is 79.1 cm³/mol. The van der Waals surface area contributed by atoms with Gasteiger partial charge in [-0.25, -0.2) is 4.39 Å². The average molecular weight is 344 g/mol. The van der Waals surface area contributed by atoms with Gasteiger partial charge >= 0.3 is 5.97 Å². The van der Waals surface area contributed by atoms with Crippen LogP contribution in [0.2, 0.25) is 0 Å². The minimum absolute atomic E-state index is 0.258. The number of carboxylic acids is 1. The summed E-state index contributed by atoms with van der Waals surface area (Å²) in [6, 6.07) is 4.55. The highest BCUT2D eigenvalue weighted by molar-refractivity contribution is 9.10. The molecule has 1 aromatic carbocycles. The Balaban J connectivity index is 2.39. The summed E-state index contributed by atoms with van der Waals surface area (Å²) in [5.74, 6) is -1.09. The minimum atomic E-state index is -0.867. The monoisotopic (exact) mass is 343 g/mol. The number of hydrogen-bond donors (Lipinski definition) is 1. The van der Waals surface area contributed by atoms with Crippen molar-refractivity contribution >= 4 is 21.9 Å². The Morgan fingerprint density at radius 2 is 2.30 bits per heavy atom. The van der Waals surface area contributed by atoms with E-state index in [0.29, 0.717) is 24.9 Å². The van der Waals surface area contributed by atoms with Crippen LogP contribution in [0.1, 0.15) is 44.7 Å². The molecule has 1 aromatic rings. The van der Waals surface area contributed by atoms with Crippen LogP contribution in [-0.2, 0) is 4.79 Å². The van der Waals surface area contributed by atoms with Crippen LogP contribution >= 0.6 is 15.9 Å². The quantitative estimate of drug-likeness (QED) is 0.898. The van der Waals surface area contributed by atoms with Crippen molar-refractivity contribution < 1.29 is 14.3 Å². The Labute approximate surface area is 126 Å². The van der Waals surface area contributed by atoms with Crippen LogP contribution in [0, 0.1) is 5.82 Å². The molecule has 20 heavy (non-hydrogen) atoms. The Kier molecular flexibility index (Phi) is 4.49. The number of nitrogens with zero attached hydrogens (tertiary/aromatic N) is 1. The first-order valence-corrected chi connectivity index (χ1v) is 7.66. The molecule has 0 bridgehead atoms. The highest BCUT2D eigenvalue weighted by Crippen LogP contribution is 2.40. The number of rotatable bonds is 4. The van der Waals surface area contributed by atoms with E-state index < -0.39 is 11.5 Å². The Morgan fingerprint density at radius 3 is 2.90 bits per heavy atom. The number of benzene rings is 1. The van der Waals surface area contributed by atoms with Gasteiger partial charge in [-0.15, -0.1) is 0 Å². The van der Waals surface area contributed by atoms with E-state index in [4.69, 9.17) is 0 Å². The zero-order valence-electron chi connectivity index (χ0n) is 11.7. The molecule has 0 spiro atoms. The maximum Gasteiger partial charge on any atom is 0.324 e. The van der Waals surface area contributed by atoms with Gasteiger partial charge in [0, 0.05) is 16.1 Å². The highest BCUT2D eigenvalue weighted by atomic mass is 79.9. The third kappa shape index (κ3) is 2.49. The van der Waals surface area contributed by atoms with E-state index in [0.717, 1.165) is 10.9 Å². The van der Waals surface area contributed by atoms with Gasteiger partial charge in [0.2, 0.25) is 0 Å². The first kappa shape index (κ1) is 15.4. The molecule has 1 fully saturated rings. The third-order valence-corrected chi connectivity index (χ3v) is 4.89. The van der Waals surface area contributed by atoms with Crippen molar-refractivity contribution in [3.05, 3.63) is 34.1 Å². The predicted octanol–water partition coefficient (Wildman–Crippen LogP) is 3.98. The standard InChI is InChI=1S/C15H19BrFNO2/c1-3-15(14(19)20)7-4-8-18(15)10(2)12-9-11(16)5-6-13(12)17/h5-6,9-10H,3-4,7-8H2,1-2H3,(H,19,20). The minimum Gasteiger partial charge on any atom is -0.480 e. The van der Waals surface area contributed by atoms with Gasteiger partial charge in [0.05, 0.1) is 0 Å². The van der Waals surface area contributed by atoms with Crippen molar-refractivity contribution in [2.75, 3.05) is 6.54 Å². The van der Waals surface area contributed by atoms with Crippen LogP contribution in [0.25, 0.3) is 0 Å². The van der Waals surface area contributed by atoms with Gasteiger partial charge in [0.1, 0.15) is 11.4 Å². The smallest absolute Gasteiger partial charge is 0.324 e. The third-order valence-electron chi connectivity index (χ3n) is 4.40. The van der Waals surface area contributed by atoms with Crippen molar-refractivity contribution in [2.45, 2.75) is 44.7 Å². The SMILES string of the molecule is CCC1(C(=O)O)CCCN1C(C)c1cc(Br)ccc1F. The van der Waals surface area contributed by atoms with Crippen LogP contribution < -0.4 is 0 Å². The van der Waals surface area contributed by atoms with Crippen molar-refractivity contribution in [3.8, 4) is 0 Å². The van der Waals surface area contributed by atoms with Crippen LogP contribution in [0.15, 0.2) is 22.7 Å². The summed E-state index contributed by atoms with van der Waals surface area (Å²) in [5, 5.41) is 9.61. The van der Waals surface area contributed by atoms with Crippen LogP contribution in [-0.4, -0.2) is 28.1 Å². The molecule has 0 radical (unpaired) electrons. The van der Waals surface area contributed by atoms with Gasteiger partial charge in [0.25, 0.3) is 0 Å². The molecule has 2 atom stereocenters. The van der Waals surface area contributed by atoms with E-state index in [9.17, 15) is 14.3 Å². The summed E-state index contributed by atoms with van der Waals surface area (Å²) < 4.78 is 14.8. The number of carboxylic acid groups (broad SMARTS) is 1. The molecular weight excluding hydrogens is 325 g/mol. The molecule has 1 aliphatic rings. The number of likely N-dealkylation sites (tertiary alicyclic amines) is 1. The molecule has 2 rings (SSSR count). The number of halogens is 2. The molecule has 5 heteroatoms. The van der Waals surface area contributed by atoms with Gasteiger partial charge < -0.3 is 5.11 Å². The van der Waals surface area contributed by atoms with E-state index in [2.05, 4.69) is 15.9 Å². The van der Waals surface area contributed by atoms with E-state index in [1.807, 2.05) is 18.7 Å². The van der Waals surface area contributed by atoms with Crippen molar-refractivity contribution in [1.29, 1.82) is 0 Å². The molecule has 110 valence electrons. The molecule has 3 nitrogen and oxygen atoms in total. The maximum atomic E-state index is 14.0. The Hall–Kier alpha value is -0.940. The first-order valence-electron chi connectivity index (χ1n) is 6.87. The van der Waals surface area contributed by atoms with E-state index in [1.54, 1.807) is 12.1 Å². The first-order chi connectivity index (χ1) is 9.42. The van der Waals surface area contributed by atoms with Crippen molar-refractivity contribution in [3.63, 3.8) is 0 Å². The Bertz CT molecular complexity index is 523. The van der Waals surface area contributed by atoms with Gasteiger partial charge in [-0.2, -0.15) is 0 Å². The summed E-state index contributed by atoms with van der Waals surface area (Å²) in [6.07, 6.45) is 1.99. The second-order valence-corrected chi connectivity index (χ2v) is 6.24. The fraction of sp³-hybridized carbons (Fsp3) is 0.533. The summed E-state index contributed by atoms with van der Waals surface area (Å²) >= 11 is 3.35. The summed E-state index contributed by atoms with van der Waals surface area (Å²) in [5.41, 5.74) is -0.325. The molecule has 2 unspecified atom stereocenters. The molecule has 0 aliphatic carbocycles. The van der Waals surface area contributed by atoms with Gasteiger partial charge in [-0.05, 0) is 50.9 Å². The molecule has 0 amide bonds. The van der Waals surface area contributed by atoms with Gasteiger partial charge in [-0.1, -0.05) is 22.9 Å². The number of carbonyl (C=O) groups is 1. The normalized spacial score (nSPS) is 24.8. The lowest BCUT2D eigenvalue weighted by molar-refractivity contribution is -0.151. The fourth-order valence-corrected chi connectivity index (χ4v) is 3.61. The molecule has 0 saturated carbocycles. The number of aliphatic carboxylic acids is 1. The second kappa shape index (κ2) is 5.82. The van der Waals surface area contributed by atoms with Gasteiger partial charge in [-0.3, -0.25) is 9.69 Å². The lowest BCUT2D eigenvalue weighted by atomic mass is 9.91. The van der Waals surface area contributed by atoms with Crippen LogP contribution in [0.5, 0.6) is 0 Å². The Morgan fingerprint density at radius 1 is 1.60 bits per heavy atom. The van der Waals surface area contributed by atoms with Gasteiger partial charge in [0.15, 0.2) is 0 Å². The summed E-state index contributed by atoms with van der Waals surface area (Å²) in [7, 11) is 0. The van der Waals surface area contributed by atoms with Crippen LogP contribution in [0.3, 0.4) is 0 Å². The van der Waals surface area contributed by atoms with E-state index >= 15 is 0 Å². The average Bonchev–Trinajstić information content (AvgIpc) is 2.85. The lowest BCUT2D eigenvalue weighted by Gasteiger charge is -2.38. The fourth-order valence-electron chi connectivity index (χ4n) is 3.23. The number of hydrogen-bond acceptors (Lipinski definition) is 2. The molecule has 1 heterocycles. The maximum absolute atomic E-state index is 14.0. The topological polar surface area (TPSA) is 40.5 Å². The van der Waals surface area contributed by atoms with E-state index in [1.165, 1.54) is 6.07 Å². The second-order valence-electron chi connectivity index (χ2n) is 5.33. The summed E-state index contributed by atoms with van der Waals surface area (Å²) in [4.78, 5) is 13.6. The highest BCUT2D eigenvalue weighted by Gasteiger charge is 2.48. The van der Waals surface area contributed by atoms with E-state index in [-0.39, 0.29) is 11.9 Å². The largest absolute Gasteiger partial charge is 0.480 e. The lowest BCUT2D eigenvalue weighted by Crippen LogP contribution is -2.51. The van der Waals surface area contributed by atoms with Crippen LogP contribution in [0.4, 0.5) is 4.39 Å². The molecule has 1 saturated heterocycles. The van der Waals surface area contributed by atoms with Crippen molar-refractivity contribution in [1.82, 2.24) is 4.90 Å². The molecule has 0 aromatic heterocycles. The zero-order valence-corrected chi connectivity index (χ0v) is 13.3. The molecule has 1 aliphatic heterocycles.